The molecule has 0 aliphatic carbocycles. The fraction of sp³-hybridized carbons (Fsp3) is 0.0952. The maximum atomic E-state index is 12.8. The zero-order chi connectivity index (χ0) is 19.5. The zero-order valence-electron chi connectivity index (χ0n) is 14.9. The van der Waals surface area contributed by atoms with Gasteiger partial charge in [-0.25, -0.2) is 0 Å². The first kappa shape index (κ1) is 17.5. The van der Waals surface area contributed by atoms with Crippen LogP contribution >= 0.6 is 0 Å². The van der Waals surface area contributed by atoms with Crippen LogP contribution in [0.3, 0.4) is 0 Å². The van der Waals surface area contributed by atoms with Crippen LogP contribution in [0.2, 0.25) is 0 Å². The lowest BCUT2D eigenvalue weighted by atomic mass is 10.1. The third kappa shape index (κ3) is 3.78. The summed E-state index contributed by atoms with van der Waals surface area (Å²) in [6.45, 7) is 0.464. The monoisotopic (exact) mass is 374 g/mol. The Morgan fingerprint density at radius 2 is 1.89 bits per heavy atom. The lowest BCUT2D eigenvalue weighted by Gasteiger charge is -2.13. The Kier molecular flexibility index (Phi) is 4.63. The molecule has 7 nitrogen and oxygen atoms in total. The molecule has 0 fully saturated rings. The van der Waals surface area contributed by atoms with Gasteiger partial charge in [0, 0.05) is 35.9 Å². The molecule has 0 radical (unpaired) electrons. The molecule has 4 N–H and O–H groups in total. The number of benzene rings is 2. The Morgan fingerprint density at radius 3 is 2.71 bits per heavy atom. The summed E-state index contributed by atoms with van der Waals surface area (Å²) in [6, 6.07) is 15.8. The number of nitrogens with one attached hydrogen (secondary N) is 4. The SMILES string of the molecule is O=C1Cc2ccc(NC(=O)c3ccccc3NCc3ccc(=O)[nH]c3)cc2N1. The standard InChI is InChI=1S/C21H18N4O3/c26-19-8-5-13(12-23-19)11-22-17-4-2-1-3-16(17)21(28)24-15-7-6-14-9-20(27)25-18(14)10-15/h1-8,10,12,22H,9,11H2,(H,23,26)(H,24,28)(H,25,27). The van der Waals surface area contributed by atoms with Gasteiger partial charge in [0.1, 0.15) is 0 Å². The highest BCUT2D eigenvalue weighted by Crippen LogP contribution is 2.27. The molecule has 3 aromatic rings. The number of para-hydroxylation sites is 1. The van der Waals surface area contributed by atoms with E-state index in [-0.39, 0.29) is 17.4 Å². The van der Waals surface area contributed by atoms with Crippen LogP contribution in [0, 0.1) is 0 Å². The molecule has 28 heavy (non-hydrogen) atoms. The molecular formula is C21H18N4O3. The van der Waals surface area contributed by atoms with Gasteiger partial charge in [-0.15, -0.1) is 0 Å². The first-order valence-corrected chi connectivity index (χ1v) is 8.83. The van der Waals surface area contributed by atoms with E-state index in [0.29, 0.717) is 29.9 Å². The smallest absolute Gasteiger partial charge is 0.257 e. The molecule has 0 saturated carbocycles. The van der Waals surface area contributed by atoms with Crippen LogP contribution in [-0.2, 0) is 17.8 Å². The molecule has 0 saturated heterocycles. The molecule has 1 aliphatic rings. The molecule has 1 aromatic heterocycles. The predicted molar refractivity (Wildman–Crippen MR) is 108 cm³/mol. The third-order valence-electron chi connectivity index (χ3n) is 4.50. The number of anilines is 3. The second kappa shape index (κ2) is 7.40. The van der Waals surface area contributed by atoms with Crippen molar-refractivity contribution in [1.29, 1.82) is 0 Å². The van der Waals surface area contributed by atoms with Gasteiger partial charge in [0.15, 0.2) is 0 Å². The summed E-state index contributed by atoms with van der Waals surface area (Å²) < 4.78 is 0. The quantitative estimate of drug-likeness (QED) is 0.551. The molecule has 140 valence electrons. The number of fused-ring (bicyclic) bond motifs is 1. The van der Waals surface area contributed by atoms with Gasteiger partial charge in [0.05, 0.1) is 12.0 Å². The molecule has 2 aromatic carbocycles. The molecule has 0 unspecified atom stereocenters. The van der Waals surface area contributed by atoms with E-state index in [2.05, 4.69) is 20.9 Å². The van der Waals surface area contributed by atoms with Crippen LogP contribution in [0.15, 0.2) is 65.6 Å². The van der Waals surface area contributed by atoms with Crippen molar-refractivity contribution in [2.75, 3.05) is 16.0 Å². The maximum Gasteiger partial charge on any atom is 0.257 e. The summed E-state index contributed by atoms with van der Waals surface area (Å²) in [4.78, 5) is 38.0. The van der Waals surface area contributed by atoms with Crippen molar-refractivity contribution in [3.63, 3.8) is 0 Å². The van der Waals surface area contributed by atoms with Gasteiger partial charge in [-0.2, -0.15) is 0 Å². The second-order valence-electron chi connectivity index (χ2n) is 6.51. The van der Waals surface area contributed by atoms with Crippen molar-refractivity contribution in [3.8, 4) is 0 Å². The Hall–Kier alpha value is -3.87. The predicted octanol–water partition coefficient (Wildman–Crippen LogP) is 2.73. The van der Waals surface area contributed by atoms with E-state index < -0.39 is 0 Å². The largest absolute Gasteiger partial charge is 0.380 e. The van der Waals surface area contributed by atoms with Crippen LogP contribution in [-0.4, -0.2) is 16.8 Å². The van der Waals surface area contributed by atoms with Gasteiger partial charge in [-0.3, -0.25) is 14.4 Å². The number of carbonyl (C=O) groups excluding carboxylic acids is 2. The minimum atomic E-state index is -0.256. The molecule has 0 bridgehead atoms. The minimum absolute atomic E-state index is 0.0460. The van der Waals surface area contributed by atoms with Crippen molar-refractivity contribution in [3.05, 3.63) is 87.8 Å². The highest BCUT2D eigenvalue weighted by Gasteiger charge is 2.18. The number of hydrogen-bond donors (Lipinski definition) is 4. The Labute approximate surface area is 160 Å². The highest BCUT2D eigenvalue weighted by atomic mass is 16.2. The van der Waals surface area contributed by atoms with Crippen LogP contribution in [0.4, 0.5) is 17.1 Å². The number of pyridine rings is 1. The number of carbonyl (C=O) groups is 2. The van der Waals surface area contributed by atoms with E-state index in [1.807, 2.05) is 18.2 Å². The average Bonchev–Trinajstić information content (AvgIpc) is 3.07. The van der Waals surface area contributed by atoms with Crippen molar-refractivity contribution in [1.82, 2.24) is 4.98 Å². The second-order valence-corrected chi connectivity index (χ2v) is 6.51. The fourth-order valence-corrected chi connectivity index (χ4v) is 3.08. The van der Waals surface area contributed by atoms with Crippen LogP contribution in [0.5, 0.6) is 0 Å². The van der Waals surface area contributed by atoms with Crippen LogP contribution in [0.25, 0.3) is 0 Å². The fourth-order valence-electron chi connectivity index (χ4n) is 3.08. The van der Waals surface area contributed by atoms with E-state index >= 15 is 0 Å². The molecular weight excluding hydrogens is 356 g/mol. The Bertz CT molecular complexity index is 1100. The molecule has 0 spiro atoms. The van der Waals surface area contributed by atoms with Gasteiger partial charge in [0.2, 0.25) is 11.5 Å². The number of amides is 2. The van der Waals surface area contributed by atoms with E-state index in [1.54, 1.807) is 36.5 Å². The van der Waals surface area contributed by atoms with Crippen molar-refractivity contribution in [2.24, 2.45) is 0 Å². The molecule has 4 rings (SSSR count). The molecule has 0 atom stereocenters. The normalized spacial score (nSPS) is 12.2. The molecule has 2 amide bonds. The number of aromatic amines is 1. The van der Waals surface area contributed by atoms with Crippen molar-refractivity contribution in [2.45, 2.75) is 13.0 Å². The summed E-state index contributed by atoms with van der Waals surface area (Å²) in [5, 5.41) is 8.87. The maximum absolute atomic E-state index is 12.8. The highest BCUT2D eigenvalue weighted by molar-refractivity contribution is 6.08. The first-order chi connectivity index (χ1) is 13.6. The van der Waals surface area contributed by atoms with Crippen LogP contribution < -0.4 is 21.5 Å². The number of aromatic nitrogens is 1. The minimum Gasteiger partial charge on any atom is -0.380 e. The summed E-state index contributed by atoms with van der Waals surface area (Å²) in [5.74, 6) is -0.302. The zero-order valence-corrected chi connectivity index (χ0v) is 14.9. The topological polar surface area (TPSA) is 103 Å². The van der Waals surface area contributed by atoms with Gasteiger partial charge in [-0.1, -0.05) is 24.3 Å². The van der Waals surface area contributed by atoms with Crippen molar-refractivity contribution < 1.29 is 9.59 Å². The lowest BCUT2D eigenvalue weighted by molar-refractivity contribution is -0.115. The number of rotatable bonds is 5. The van der Waals surface area contributed by atoms with Gasteiger partial charge in [0.25, 0.3) is 5.91 Å². The Balaban J connectivity index is 1.49. The average molecular weight is 374 g/mol. The van der Waals surface area contributed by atoms with Gasteiger partial charge < -0.3 is 20.9 Å². The first-order valence-electron chi connectivity index (χ1n) is 8.83. The molecule has 2 heterocycles. The van der Waals surface area contributed by atoms with Gasteiger partial charge in [-0.05, 0) is 35.4 Å². The van der Waals surface area contributed by atoms with E-state index in [4.69, 9.17) is 0 Å². The van der Waals surface area contributed by atoms with E-state index in [0.717, 1.165) is 16.8 Å². The van der Waals surface area contributed by atoms with Gasteiger partial charge >= 0.3 is 0 Å². The summed E-state index contributed by atoms with van der Waals surface area (Å²) >= 11 is 0. The van der Waals surface area contributed by atoms with E-state index in [1.165, 1.54) is 6.07 Å². The summed E-state index contributed by atoms with van der Waals surface area (Å²) in [7, 11) is 0. The number of H-pyrrole nitrogens is 1. The lowest BCUT2D eigenvalue weighted by Crippen LogP contribution is -2.15. The number of hydrogen-bond acceptors (Lipinski definition) is 4. The Morgan fingerprint density at radius 1 is 1.04 bits per heavy atom. The van der Waals surface area contributed by atoms with Crippen LogP contribution in [0.1, 0.15) is 21.5 Å². The molecule has 1 aliphatic heterocycles. The molecule has 7 heteroatoms. The van der Waals surface area contributed by atoms with Crippen molar-refractivity contribution >= 4 is 28.9 Å². The third-order valence-corrected chi connectivity index (χ3v) is 4.50. The van der Waals surface area contributed by atoms with E-state index in [9.17, 15) is 14.4 Å². The summed E-state index contributed by atoms with van der Waals surface area (Å²) in [5.41, 5.74) is 4.18. The summed E-state index contributed by atoms with van der Waals surface area (Å²) in [6.07, 6.45) is 2.00.